The molecule has 1 aliphatic heterocycles. The third-order valence-corrected chi connectivity index (χ3v) is 3.45. The van der Waals surface area contributed by atoms with Crippen LogP contribution in [0.5, 0.6) is 0 Å². The van der Waals surface area contributed by atoms with Crippen LogP contribution >= 0.6 is 0 Å². The van der Waals surface area contributed by atoms with E-state index in [9.17, 15) is 9.59 Å². The molecule has 2 N–H and O–H groups in total. The summed E-state index contributed by atoms with van der Waals surface area (Å²) in [6.07, 6.45) is 3.14. The van der Waals surface area contributed by atoms with Gasteiger partial charge in [-0.25, -0.2) is 0 Å². The van der Waals surface area contributed by atoms with E-state index in [0.29, 0.717) is 25.2 Å². The van der Waals surface area contributed by atoms with Gasteiger partial charge in [-0.3, -0.25) is 14.6 Å². The van der Waals surface area contributed by atoms with Crippen LogP contribution in [0, 0.1) is 5.92 Å². The number of aliphatic carboxylic acids is 1. The second-order valence-corrected chi connectivity index (χ2v) is 4.88. The third-order valence-electron chi connectivity index (χ3n) is 3.45. The van der Waals surface area contributed by atoms with E-state index in [1.54, 1.807) is 12.3 Å². The first-order valence-corrected chi connectivity index (χ1v) is 6.83. The molecule has 2 heterocycles. The number of anilines is 1. The van der Waals surface area contributed by atoms with Crippen molar-refractivity contribution in [1.29, 1.82) is 0 Å². The Morgan fingerprint density at radius 1 is 1.55 bits per heavy atom. The molecule has 6 heteroatoms. The lowest BCUT2D eigenvalue weighted by molar-refractivity contribution is -0.141. The second kappa shape index (κ2) is 6.36. The lowest BCUT2D eigenvalue weighted by Gasteiger charge is -2.32. The molecule has 1 aromatic rings. The molecule has 1 aliphatic rings. The Morgan fingerprint density at radius 2 is 2.35 bits per heavy atom. The Kier molecular flexibility index (Phi) is 4.55. The van der Waals surface area contributed by atoms with Crippen LogP contribution in [0.15, 0.2) is 18.3 Å². The van der Waals surface area contributed by atoms with Crippen LogP contribution in [-0.4, -0.2) is 41.6 Å². The van der Waals surface area contributed by atoms with E-state index in [0.717, 1.165) is 18.7 Å². The average Bonchev–Trinajstić information content (AvgIpc) is 2.48. The molecule has 0 aromatic carbocycles. The minimum Gasteiger partial charge on any atom is -0.481 e. The monoisotopic (exact) mass is 277 g/mol. The molecule has 2 rings (SSSR count). The number of pyridine rings is 1. The largest absolute Gasteiger partial charge is 0.481 e. The van der Waals surface area contributed by atoms with Crippen LogP contribution in [0.1, 0.15) is 30.3 Å². The highest BCUT2D eigenvalue weighted by molar-refractivity contribution is 5.93. The molecule has 1 saturated heterocycles. The molecule has 1 aromatic heterocycles. The zero-order chi connectivity index (χ0) is 14.5. The Balaban J connectivity index is 2.14. The smallest absolute Gasteiger partial charge is 0.308 e. The van der Waals surface area contributed by atoms with E-state index >= 15 is 0 Å². The van der Waals surface area contributed by atoms with Gasteiger partial charge in [0.1, 0.15) is 5.69 Å². The zero-order valence-electron chi connectivity index (χ0n) is 11.5. The molecule has 0 aliphatic carbocycles. The second-order valence-electron chi connectivity index (χ2n) is 4.88. The Bertz CT molecular complexity index is 504. The van der Waals surface area contributed by atoms with E-state index in [1.807, 2.05) is 17.9 Å². The Morgan fingerprint density at radius 3 is 3.05 bits per heavy atom. The van der Waals surface area contributed by atoms with Crippen molar-refractivity contribution in [2.24, 2.45) is 5.92 Å². The molecular formula is C14H19N3O3. The Labute approximate surface area is 117 Å². The lowest BCUT2D eigenvalue weighted by atomic mass is 9.98. The number of nitrogens with one attached hydrogen (secondary N) is 1. The topological polar surface area (TPSA) is 82.5 Å². The number of hydrogen-bond donors (Lipinski definition) is 2. The minimum atomic E-state index is -0.757. The van der Waals surface area contributed by atoms with Crippen LogP contribution in [0.4, 0.5) is 5.69 Å². The van der Waals surface area contributed by atoms with Crippen molar-refractivity contribution >= 4 is 17.6 Å². The predicted molar refractivity (Wildman–Crippen MR) is 74.8 cm³/mol. The van der Waals surface area contributed by atoms with Crippen LogP contribution < -0.4 is 10.2 Å². The van der Waals surface area contributed by atoms with Gasteiger partial charge >= 0.3 is 5.97 Å². The number of nitrogens with zero attached hydrogens (tertiary/aromatic N) is 2. The van der Waals surface area contributed by atoms with Gasteiger partial charge in [-0.1, -0.05) is 0 Å². The maximum absolute atomic E-state index is 11.8. The van der Waals surface area contributed by atoms with Crippen molar-refractivity contribution in [3.63, 3.8) is 0 Å². The molecule has 1 amide bonds. The summed E-state index contributed by atoms with van der Waals surface area (Å²) in [5.41, 5.74) is 1.22. The molecule has 0 spiro atoms. The first-order valence-electron chi connectivity index (χ1n) is 6.83. The fourth-order valence-corrected chi connectivity index (χ4v) is 2.40. The highest BCUT2D eigenvalue weighted by atomic mass is 16.4. The summed E-state index contributed by atoms with van der Waals surface area (Å²) in [7, 11) is 0. The summed E-state index contributed by atoms with van der Waals surface area (Å²) in [5, 5.41) is 11.8. The van der Waals surface area contributed by atoms with E-state index in [1.165, 1.54) is 0 Å². The highest BCUT2D eigenvalue weighted by Crippen LogP contribution is 2.23. The number of piperidine rings is 1. The number of rotatable bonds is 4. The number of hydrogen-bond acceptors (Lipinski definition) is 4. The van der Waals surface area contributed by atoms with E-state index in [4.69, 9.17) is 5.11 Å². The van der Waals surface area contributed by atoms with Gasteiger partial charge in [0.15, 0.2) is 0 Å². The van der Waals surface area contributed by atoms with Crippen LogP contribution in [0.25, 0.3) is 0 Å². The first-order chi connectivity index (χ1) is 9.61. The summed E-state index contributed by atoms with van der Waals surface area (Å²) in [5.74, 6) is -1.31. The summed E-state index contributed by atoms with van der Waals surface area (Å²) in [6.45, 7) is 3.69. The number of carboxylic acids is 1. The Hall–Kier alpha value is -2.11. The molecule has 20 heavy (non-hydrogen) atoms. The average molecular weight is 277 g/mol. The van der Waals surface area contributed by atoms with Gasteiger partial charge in [-0.05, 0) is 31.9 Å². The van der Waals surface area contributed by atoms with Crippen molar-refractivity contribution in [3.05, 3.63) is 24.0 Å². The first kappa shape index (κ1) is 14.3. The molecule has 1 unspecified atom stereocenters. The standard InChI is InChI=1S/C14H19N3O3/c1-2-15-13(18)12-8-11(5-6-16-12)17-7-3-4-10(9-17)14(19)20/h5-6,8,10H,2-4,7,9H2,1H3,(H,15,18)(H,19,20). The van der Waals surface area contributed by atoms with Gasteiger partial charge in [-0.15, -0.1) is 0 Å². The fourth-order valence-electron chi connectivity index (χ4n) is 2.40. The summed E-state index contributed by atoms with van der Waals surface area (Å²) in [6, 6.07) is 3.53. The minimum absolute atomic E-state index is 0.207. The SMILES string of the molecule is CCNC(=O)c1cc(N2CCCC(C(=O)O)C2)ccn1. The summed E-state index contributed by atoms with van der Waals surface area (Å²) in [4.78, 5) is 28.9. The van der Waals surface area contributed by atoms with Crippen LogP contribution in [0.3, 0.4) is 0 Å². The maximum atomic E-state index is 11.8. The van der Waals surface area contributed by atoms with Gasteiger partial charge in [0.05, 0.1) is 5.92 Å². The predicted octanol–water partition coefficient (Wildman–Crippen LogP) is 1.13. The van der Waals surface area contributed by atoms with Gasteiger partial charge in [0.2, 0.25) is 0 Å². The van der Waals surface area contributed by atoms with Crippen molar-refractivity contribution in [1.82, 2.24) is 10.3 Å². The third kappa shape index (κ3) is 3.26. The number of amides is 1. The van der Waals surface area contributed by atoms with Gasteiger partial charge in [0.25, 0.3) is 5.91 Å². The quantitative estimate of drug-likeness (QED) is 0.862. The normalized spacial score (nSPS) is 18.6. The van der Waals surface area contributed by atoms with Crippen LogP contribution in [-0.2, 0) is 4.79 Å². The van der Waals surface area contributed by atoms with Crippen molar-refractivity contribution < 1.29 is 14.7 Å². The van der Waals surface area contributed by atoms with Gasteiger partial charge in [-0.2, -0.15) is 0 Å². The van der Waals surface area contributed by atoms with E-state index in [2.05, 4.69) is 10.3 Å². The van der Waals surface area contributed by atoms with Crippen molar-refractivity contribution in [2.75, 3.05) is 24.5 Å². The molecule has 6 nitrogen and oxygen atoms in total. The molecular weight excluding hydrogens is 258 g/mol. The zero-order valence-corrected chi connectivity index (χ0v) is 11.5. The molecule has 0 bridgehead atoms. The molecule has 1 fully saturated rings. The number of carboxylic acid groups (broad SMARTS) is 1. The lowest BCUT2D eigenvalue weighted by Crippen LogP contribution is -2.38. The number of aromatic nitrogens is 1. The van der Waals surface area contributed by atoms with Crippen molar-refractivity contribution in [2.45, 2.75) is 19.8 Å². The highest BCUT2D eigenvalue weighted by Gasteiger charge is 2.25. The maximum Gasteiger partial charge on any atom is 0.308 e. The van der Waals surface area contributed by atoms with Gasteiger partial charge < -0.3 is 15.3 Å². The van der Waals surface area contributed by atoms with Crippen LogP contribution in [0.2, 0.25) is 0 Å². The number of carbonyl (C=O) groups excluding carboxylic acids is 1. The molecule has 0 saturated carbocycles. The van der Waals surface area contributed by atoms with E-state index in [-0.39, 0.29) is 11.8 Å². The number of carbonyl (C=O) groups is 2. The molecule has 108 valence electrons. The summed E-state index contributed by atoms with van der Waals surface area (Å²) >= 11 is 0. The molecule has 1 atom stereocenters. The van der Waals surface area contributed by atoms with Crippen molar-refractivity contribution in [3.8, 4) is 0 Å². The molecule has 0 radical (unpaired) electrons. The summed E-state index contributed by atoms with van der Waals surface area (Å²) < 4.78 is 0. The van der Waals surface area contributed by atoms with E-state index < -0.39 is 5.97 Å². The van der Waals surface area contributed by atoms with Gasteiger partial charge in [0, 0.05) is 31.5 Å². The fraction of sp³-hybridized carbons (Fsp3) is 0.500.